The molecule has 2 rings (SSSR count). The summed E-state index contributed by atoms with van der Waals surface area (Å²) < 4.78 is 5.46. The molecule has 1 saturated carbocycles. The van der Waals surface area contributed by atoms with E-state index < -0.39 is 0 Å². The fraction of sp³-hybridized carbons (Fsp3) is 0.700. The zero-order valence-electron chi connectivity index (χ0n) is 8.71. The van der Waals surface area contributed by atoms with Crippen molar-refractivity contribution in [1.82, 2.24) is 10.3 Å². The fourth-order valence-electron chi connectivity index (χ4n) is 1.80. The molecule has 0 aromatic carbocycles. The van der Waals surface area contributed by atoms with Crippen molar-refractivity contribution in [3.63, 3.8) is 0 Å². The van der Waals surface area contributed by atoms with E-state index in [1.165, 1.54) is 0 Å². The Balaban J connectivity index is 1.83. The molecule has 1 heterocycles. The summed E-state index contributed by atoms with van der Waals surface area (Å²) in [5, 5.41) is 3.41. The van der Waals surface area contributed by atoms with Crippen LogP contribution < -0.4 is 11.1 Å². The van der Waals surface area contributed by atoms with E-state index in [4.69, 9.17) is 10.2 Å². The molecule has 1 aliphatic carbocycles. The van der Waals surface area contributed by atoms with Crippen LogP contribution >= 0.6 is 0 Å². The van der Waals surface area contributed by atoms with Crippen molar-refractivity contribution in [3.05, 3.63) is 17.3 Å². The number of oxazole rings is 1. The maximum atomic E-state index is 5.70. The highest BCUT2D eigenvalue weighted by Gasteiger charge is 2.25. The Morgan fingerprint density at radius 2 is 2.21 bits per heavy atom. The van der Waals surface area contributed by atoms with E-state index in [-0.39, 0.29) is 0 Å². The molecule has 4 nitrogen and oxygen atoms in total. The van der Waals surface area contributed by atoms with Crippen LogP contribution in [-0.4, -0.2) is 17.1 Å². The van der Waals surface area contributed by atoms with Gasteiger partial charge in [0.1, 0.15) is 5.76 Å². The minimum absolute atomic E-state index is 0.394. The Kier molecular flexibility index (Phi) is 2.56. The Hall–Kier alpha value is -0.870. The van der Waals surface area contributed by atoms with Crippen molar-refractivity contribution >= 4 is 0 Å². The monoisotopic (exact) mass is 195 g/mol. The molecule has 0 amide bonds. The second-order valence-corrected chi connectivity index (χ2v) is 4.05. The standard InChI is InChI=1S/C10H17N3O/c1-6-10(14-7(2)13-6)5-12-9-3-8(11)4-9/h8-9,12H,3-5,11H2,1-2H3. The number of aromatic nitrogens is 1. The Morgan fingerprint density at radius 3 is 2.71 bits per heavy atom. The highest BCUT2D eigenvalue weighted by Crippen LogP contribution is 2.18. The zero-order chi connectivity index (χ0) is 10.1. The molecule has 78 valence electrons. The Morgan fingerprint density at radius 1 is 1.50 bits per heavy atom. The number of nitrogens with one attached hydrogen (secondary N) is 1. The minimum Gasteiger partial charge on any atom is -0.444 e. The molecule has 1 aromatic rings. The number of hydrogen-bond donors (Lipinski definition) is 2. The summed E-state index contributed by atoms with van der Waals surface area (Å²) in [5.74, 6) is 1.69. The van der Waals surface area contributed by atoms with Crippen molar-refractivity contribution in [2.24, 2.45) is 5.73 Å². The molecule has 0 bridgehead atoms. The lowest BCUT2D eigenvalue weighted by Crippen LogP contribution is -2.48. The largest absolute Gasteiger partial charge is 0.444 e. The first-order valence-corrected chi connectivity index (χ1v) is 5.07. The maximum Gasteiger partial charge on any atom is 0.191 e. The number of nitrogens with zero attached hydrogens (tertiary/aromatic N) is 1. The molecule has 0 aliphatic heterocycles. The molecule has 1 fully saturated rings. The number of nitrogens with two attached hydrogens (primary N) is 1. The van der Waals surface area contributed by atoms with Crippen LogP contribution in [0.2, 0.25) is 0 Å². The van der Waals surface area contributed by atoms with E-state index >= 15 is 0 Å². The average Bonchev–Trinajstić information content (AvgIpc) is 2.37. The summed E-state index contributed by atoms with van der Waals surface area (Å²) in [6.07, 6.45) is 2.15. The van der Waals surface area contributed by atoms with Crippen LogP contribution in [0.4, 0.5) is 0 Å². The summed E-state index contributed by atoms with van der Waals surface area (Å²) >= 11 is 0. The van der Waals surface area contributed by atoms with Gasteiger partial charge >= 0.3 is 0 Å². The summed E-state index contributed by atoms with van der Waals surface area (Å²) in [5.41, 5.74) is 6.68. The third kappa shape index (κ3) is 1.96. The van der Waals surface area contributed by atoms with Crippen LogP contribution in [0.25, 0.3) is 0 Å². The van der Waals surface area contributed by atoms with E-state index in [1.807, 2.05) is 13.8 Å². The Bertz CT molecular complexity index is 315. The van der Waals surface area contributed by atoms with Gasteiger partial charge in [-0.15, -0.1) is 0 Å². The first-order valence-electron chi connectivity index (χ1n) is 5.07. The van der Waals surface area contributed by atoms with Crippen LogP contribution in [-0.2, 0) is 6.54 Å². The van der Waals surface area contributed by atoms with Crippen LogP contribution in [0.5, 0.6) is 0 Å². The van der Waals surface area contributed by atoms with Crippen LogP contribution in [0.3, 0.4) is 0 Å². The molecule has 14 heavy (non-hydrogen) atoms. The highest BCUT2D eigenvalue weighted by atomic mass is 16.4. The van der Waals surface area contributed by atoms with Crippen molar-refractivity contribution in [2.75, 3.05) is 0 Å². The first kappa shape index (κ1) is 9.68. The summed E-state index contributed by atoms with van der Waals surface area (Å²) in [7, 11) is 0. The topological polar surface area (TPSA) is 64.1 Å². The van der Waals surface area contributed by atoms with Crippen molar-refractivity contribution < 1.29 is 4.42 Å². The molecule has 1 aromatic heterocycles. The smallest absolute Gasteiger partial charge is 0.191 e. The van der Waals surface area contributed by atoms with Gasteiger partial charge in [-0.2, -0.15) is 0 Å². The lowest BCUT2D eigenvalue weighted by Gasteiger charge is -2.32. The highest BCUT2D eigenvalue weighted by molar-refractivity contribution is 5.07. The fourth-order valence-corrected chi connectivity index (χ4v) is 1.80. The quantitative estimate of drug-likeness (QED) is 0.751. The van der Waals surface area contributed by atoms with Crippen molar-refractivity contribution in [1.29, 1.82) is 0 Å². The van der Waals surface area contributed by atoms with Gasteiger partial charge < -0.3 is 15.5 Å². The Labute approximate surface area is 83.9 Å². The van der Waals surface area contributed by atoms with Gasteiger partial charge in [-0.3, -0.25) is 0 Å². The SMILES string of the molecule is Cc1nc(C)c(CNC2CC(N)C2)o1. The van der Waals surface area contributed by atoms with Gasteiger partial charge in [0, 0.05) is 19.0 Å². The molecule has 1 aliphatic rings. The van der Waals surface area contributed by atoms with Crippen molar-refractivity contribution in [2.45, 2.75) is 45.3 Å². The third-order valence-corrected chi connectivity index (χ3v) is 2.73. The van der Waals surface area contributed by atoms with Gasteiger partial charge in [-0.05, 0) is 19.8 Å². The summed E-state index contributed by atoms with van der Waals surface area (Å²) in [6, 6.07) is 0.958. The third-order valence-electron chi connectivity index (χ3n) is 2.73. The second kappa shape index (κ2) is 3.71. The predicted molar refractivity (Wildman–Crippen MR) is 53.8 cm³/mol. The van der Waals surface area contributed by atoms with E-state index in [1.54, 1.807) is 0 Å². The lowest BCUT2D eigenvalue weighted by molar-refractivity contribution is 0.281. The van der Waals surface area contributed by atoms with Crippen LogP contribution in [0, 0.1) is 13.8 Å². The molecule has 0 radical (unpaired) electrons. The van der Waals surface area contributed by atoms with E-state index in [0.717, 1.165) is 36.7 Å². The van der Waals surface area contributed by atoms with Gasteiger partial charge in [0.2, 0.25) is 0 Å². The van der Waals surface area contributed by atoms with E-state index in [9.17, 15) is 0 Å². The second-order valence-electron chi connectivity index (χ2n) is 4.05. The molecule has 0 saturated heterocycles. The van der Waals surface area contributed by atoms with Gasteiger partial charge in [0.25, 0.3) is 0 Å². The average molecular weight is 195 g/mol. The maximum absolute atomic E-state index is 5.70. The molecule has 0 atom stereocenters. The minimum atomic E-state index is 0.394. The van der Waals surface area contributed by atoms with Gasteiger partial charge in [0.05, 0.1) is 12.2 Å². The normalized spacial score (nSPS) is 26.2. The van der Waals surface area contributed by atoms with Crippen LogP contribution in [0.1, 0.15) is 30.2 Å². The molecule has 0 spiro atoms. The van der Waals surface area contributed by atoms with Gasteiger partial charge in [-0.1, -0.05) is 0 Å². The first-order chi connectivity index (χ1) is 6.65. The lowest BCUT2D eigenvalue weighted by atomic mass is 9.88. The molecule has 4 heteroatoms. The predicted octanol–water partition coefficient (Wildman–Crippen LogP) is 0.871. The van der Waals surface area contributed by atoms with Gasteiger partial charge in [0.15, 0.2) is 5.89 Å². The molecule has 0 unspecified atom stereocenters. The summed E-state index contributed by atoms with van der Waals surface area (Å²) in [4.78, 5) is 4.22. The molecular formula is C10H17N3O. The zero-order valence-corrected chi connectivity index (χ0v) is 8.71. The number of rotatable bonds is 3. The summed E-state index contributed by atoms with van der Waals surface area (Å²) in [6.45, 7) is 4.61. The number of hydrogen-bond acceptors (Lipinski definition) is 4. The van der Waals surface area contributed by atoms with Crippen LogP contribution in [0.15, 0.2) is 4.42 Å². The van der Waals surface area contributed by atoms with Crippen molar-refractivity contribution in [3.8, 4) is 0 Å². The molecular weight excluding hydrogens is 178 g/mol. The van der Waals surface area contributed by atoms with E-state index in [0.29, 0.717) is 12.1 Å². The van der Waals surface area contributed by atoms with E-state index in [2.05, 4.69) is 10.3 Å². The van der Waals surface area contributed by atoms with Gasteiger partial charge in [-0.25, -0.2) is 4.98 Å². The molecule has 3 N–H and O–H groups in total. The number of aryl methyl sites for hydroxylation is 2.